The quantitative estimate of drug-likeness (QED) is 0.584. The van der Waals surface area contributed by atoms with Crippen molar-refractivity contribution in [3.8, 4) is 0 Å². The first-order chi connectivity index (χ1) is 6.74. The van der Waals surface area contributed by atoms with Crippen LogP contribution in [0.25, 0.3) is 0 Å². The number of carbonyl (C=O) groups excluding carboxylic acids is 1. The molecule has 0 saturated heterocycles. The van der Waals surface area contributed by atoms with Crippen LogP contribution >= 0.6 is 23.4 Å². The van der Waals surface area contributed by atoms with Crippen LogP contribution in [0.2, 0.25) is 0 Å². The van der Waals surface area contributed by atoms with Gasteiger partial charge in [0.2, 0.25) is 5.56 Å². The number of thioether (sulfide) groups is 1. The van der Waals surface area contributed by atoms with Crippen molar-refractivity contribution in [2.45, 2.75) is 12.5 Å². The molecule has 1 atom stereocenters. The molecule has 1 aromatic carbocycles. The highest BCUT2D eigenvalue weighted by Crippen LogP contribution is 2.23. The first-order valence-corrected chi connectivity index (χ1v) is 5.68. The average molecular weight is 231 g/mol. The topological polar surface area (TPSA) is 26.3 Å². The second-order valence-corrected chi connectivity index (χ2v) is 4.12. The van der Waals surface area contributed by atoms with Crippen molar-refractivity contribution < 1.29 is 9.53 Å². The molecule has 0 aromatic heterocycles. The van der Waals surface area contributed by atoms with E-state index in [9.17, 15) is 4.79 Å². The third-order valence-corrected chi connectivity index (χ3v) is 2.49. The second-order valence-electron chi connectivity index (χ2n) is 2.53. The molecule has 4 heteroatoms. The number of hydrogen-bond acceptors (Lipinski definition) is 3. The van der Waals surface area contributed by atoms with E-state index in [4.69, 9.17) is 16.3 Å². The molecule has 0 saturated carbocycles. The normalized spacial score (nSPS) is 12.1. The third-order valence-electron chi connectivity index (χ3n) is 1.52. The second kappa shape index (κ2) is 5.94. The molecule has 0 fully saturated rings. The predicted molar refractivity (Wildman–Crippen MR) is 59.6 cm³/mol. The highest BCUT2D eigenvalue weighted by molar-refractivity contribution is 8.13. The van der Waals surface area contributed by atoms with Crippen LogP contribution in [-0.4, -0.2) is 11.1 Å². The minimum absolute atomic E-state index is 0.337. The Morgan fingerprint density at radius 2 is 2.14 bits per heavy atom. The molecular weight excluding hydrogens is 220 g/mol. The van der Waals surface area contributed by atoms with Gasteiger partial charge in [0.25, 0.3) is 0 Å². The summed E-state index contributed by atoms with van der Waals surface area (Å²) in [5.74, 6) is 0.692. The number of halogens is 1. The van der Waals surface area contributed by atoms with Gasteiger partial charge >= 0.3 is 5.30 Å². The van der Waals surface area contributed by atoms with Crippen molar-refractivity contribution in [3.63, 3.8) is 0 Å². The lowest BCUT2D eigenvalue weighted by Gasteiger charge is -2.10. The third kappa shape index (κ3) is 3.60. The van der Waals surface area contributed by atoms with E-state index in [-0.39, 0.29) is 5.30 Å². The lowest BCUT2D eigenvalue weighted by Crippen LogP contribution is -2.01. The van der Waals surface area contributed by atoms with E-state index in [2.05, 4.69) is 0 Å². The van der Waals surface area contributed by atoms with Gasteiger partial charge in [0.05, 0.1) is 0 Å². The molecule has 0 heterocycles. The number of carbonyl (C=O) groups is 1. The van der Waals surface area contributed by atoms with Crippen molar-refractivity contribution >= 4 is 28.7 Å². The van der Waals surface area contributed by atoms with Gasteiger partial charge in [-0.1, -0.05) is 48.9 Å². The highest BCUT2D eigenvalue weighted by atomic mass is 35.5. The van der Waals surface area contributed by atoms with Gasteiger partial charge < -0.3 is 4.74 Å². The summed E-state index contributed by atoms with van der Waals surface area (Å²) in [5, 5.41) is -0.337. The highest BCUT2D eigenvalue weighted by Gasteiger charge is 2.12. The predicted octanol–water partition coefficient (Wildman–Crippen LogP) is 3.81. The Labute approximate surface area is 92.6 Å². The van der Waals surface area contributed by atoms with E-state index in [1.165, 1.54) is 0 Å². The van der Waals surface area contributed by atoms with Crippen LogP contribution in [0.1, 0.15) is 18.1 Å². The van der Waals surface area contributed by atoms with Gasteiger partial charge in [-0.15, -0.1) is 0 Å². The molecule has 1 aromatic rings. The van der Waals surface area contributed by atoms with Crippen LogP contribution in [0.5, 0.6) is 0 Å². The van der Waals surface area contributed by atoms with E-state index in [0.29, 0.717) is 5.75 Å². The maximum absolute atomic E-state index is 11.1. The van der Waals surface area contributed by atoms with E-state index in [0.717, 1.165) is 17.3 Å². The van der Waals surface area contributed by atoms with Crippen LogP contribution in [0.4, 0.5) is 4.79 Å². The minimum atomic E-state index is -0.692. The Hall–Kier alpha value is -0.670. The zero-order valence-corrected chi connectivity index (χ0v) is 9.35. The van der Waals surface area contributed by atoms with E-state index in [1.807, 2.05) is 37.3 Å². The maximum atomic E-state index is 11.1. The van der Waals surface area contributed by atoms with E-state index >= 15 is 0 Å². The lowest BCUT2D eigenvalue weighted by molar-refractivity contribution is 0.162. The molecule has 76 valence electrons. The van der Waals surface area contributed by atoms with Crippen molar-refractivity contribution in [1.82, 2.24) is 0 Å². The molecule has 0 spiro atoms. The zero-order chi connectivity index (χ0) is 10.4. The average Bonchev–Trinajstić information content (AvgIpc) is 2.19. The minimum Gasteiger partial charge on any atom is -0.433 e. The fourth-order valence-corrected chi connectivity index (χ4v) is 1.59. The van der Waals surface area contributed by atoms with Crippen molar-refractivity contribution in [1.29, 1.82) is 0 Å². The van der Waals surface area contributed by atoms with Gasteiger partial charge in [0.1, 0.15) is 0 Å². The Morgan fingerprint density at radius 3 is 2.71 bits per heavy atom. The summed E-state index contributed by atoms with van der Waals surface area (Å²) >= 11 is 6.99. The summed E-state index contributed by atoms with van der Waals surface area (Å²) < 4.78 is 4.97. The van der Waals surface area contributed by atoms with Crippen LogP contribution in [0, 0.1) is 0 Å². The molecule has 0 aliphatic carbocycles. The number of benzene rings is 1. The van der Waals surface area contributed by atoms with Crippen molar-refractivity contribution in [2.24, 2.45) is 0 Å². The SMILES string of the molecule is CCSC(=O)OC(Cl)c1ccccc1. The zero-order valence-electron chi connectivity index (χ0n) is 7.77. The Bertz CT molecular complexity index is 289. The molecule has 0 bridgehead atoms. The number of rotatable bonds is 3. The molecule has 14 heavy (non-hydrogen) atoms. The fraction of sp³-hybridized carbons (Fsp3) is 0.300. The summed E-state index contributed by atoms with van der Waals surface area (Å²) in [6.45, 7) is 1.89. The number of alkyl halides is 1. The first kappa shape index (κ1) is 11.4. The summed E-state index contributed by atoms with van der Waals surface area (Å²) in [6.07, 6.45) is 0. The van der Waals surface area contributed by atoms with E-state index in [1.54, 1.807) is 0 Å². The van der Waals surface area contributed by atoms with Crippen LogP contribution in [-0.2, 0) is 4.74 Å². The molecule has 0 N–H and O–H groups in total. The smallest absolute Gasteiger partial charge is 0.369 e. The number of ether oxygens (including phenoxy) is 1. The van der Waals surface area contributed by atoms with Crippen molar-refractivity contribution in [2.75, 3.05) is 5.75 Å². The Kier molecular flexibility index (Phi) is 4.84. The van der Waals surface area contributed by atoms with Crippen molar-refractivity contribution in [3.05, 3.63) is 35.9 Å². The van der Waals surface area contributed by atoms with E-state index < -0.39 is 5.56 Å². The van der Waals surface area contributed by atoms with Crippen LogP contribution in [0.15, 0.2) is 30.3 Å². The number of hydrogen-bond donors (Lipinski definition) is 0. The summed E-state index contributed by atoms with van der Waals surface area (Å²) in [5.41, 5.74) is 0.0990. The Morgan fingerprint density at radius 1 is 1.50 bits per heavy atom. The molecule has 1 unspecified atom stereocenters. The molecule has 0 radical (unpaired) electrons. The maximum Gasteiger partial charge on any atom is 0.369 e. The van der Waals surface area contributed by atoms with Gasteiger partial charge in [-0.3, -0.25) is 0 Å². The largest absolute Gasteiger partial charge is 0.433 e. The Balaban J connectivity index is 2.50. The first-order valence-electron chi connectivity index (χ1n) is 4.26. The van der Waals surface area contributed by atoms with Gasteiger partial charge in [0.15, 0.2) is 0 Å². The van der Waals surface area contributed by atoms with Gasteiger partial charge in [-0.05, 0) is 11.8 Å². The molecule has 2 nitrogen and oxygen atoms in total. The van der Waals surface area contributed by atoms with Crippen LogP contribution in [0.3, 0.4) is 0 Å². The summed E-state index contributed by atoms with van der Waals surface area (Å²) in [4.78, 5) is 11.1. The fourth-order valence-electron chi connectivity index (χ4n) is 0.909. The summed E-state index contributed by atoms with van der Waals surface area (Å²) in [7, 11) is 0. The molecule has 0 aliphatic rings. The molecule has 0 aliphatic heterocycles. The molecular formula is C10H11ClO2S. The van der Waals surface area contributed by atoms with Gasteiger partial charge in [0, 0.05) is 11.3 Å². The van der Waals surface area contributed by atoms with Gasteiger partial charge in [-0.25, -0.2) is 4.79 Å². The monoisotopic (exact) mass is 230 g/mol. The molecule has 1 rings (SSSR count). The lowest BCUT2D eigenvalue weighted by atomic mass is 10.2. The standard InChI is InChI=1S/C10H11ClO2S/c1-2-14-10(12)13-9(11)8-6-4-3-5-7-8/h3-7,9H,2H2,1H3. The molecule has 0 amide bonds. The van der Waals surface area contributed by atoms with Gasteiger partial charge in [-0.2, -0.15) is 0 Å². The summed E-state index contributed by atoms with van der Waals surface area (Å²) in [6, 6.07) is 9.23. The van der Waals surface area contributed by atoms with Crippen LogP contribution < -0.4 is 0 Å².